The van der Waals surface area contributed by atoms with Gasteiger partial charge in [0.1, 0.15) is 5.75 Å². The smallest absolute Gasteiger partial charge is 0.343 e. The minimum atomic E-state index is -0.423. The molecule has 2 aromatic carbocycles. The summed E-state index contributed by atoms with van der Waals surface area (Å²) in [6.45, 7) is 4.47. The standard InChI is InChI=1S/C18H20O4/c1-4-13-6-11-16(17(12-13)21-5-2)22-18(19)14-7-9-15(20-3)10-8-14/h6-12H,4-5H2,1-3H3. The van der Waals surface area contributed by atoms with Crippen molar-refractivity contribution in [3.05, 3.63) is 53.6 Å². The van der Waals surface area contributed by atoms with Crippen LogP contribution in [0.4, 0.5) is 0 Å². The van der Waals surface area contributed by atoms with Crippen molar-refractivity contribution in [2.45, 2.75) is 20.3 Å². The van der Waals surface area contributed by atoms with Gasteiger partial charge in [-0.05, 0) is 55.3 Å². The molecule has 0 aliphatic heterocycles. The largest absolute Gasteiger partial charge is 0.497 e. The summed E-state index contributed by atoms with van der Waals surface area (Å²) in [7, 11) is 1.58. The molecule has 22 heavy (non-hydrogen) atoms. The van der Waals surface area contributed by atoms with Gasteiger partial charge >= 0.3 is 5.97 Å². The van der Waals surface area contributed by atoms with E-state index in [1.807, 2.05) is 19.1 Å². The third-order valence-corrected chi connectivity index (χ3v) is 3.24. The number of methoxy groups -OCH3 is 1. The van der Waals surface area contributed by atoms with Crippen LogP contribution in [0.2, 0.25) is 0 Å². The zero-order chi connectivity index (χ0) is 15.9. The number of carbonyl (C=O) groups is 1. The predicted octanol–water partition coefficient (Wildman–Crippen LogP) is 3.88. The van der Waals surface area contributed by atoms with Crippen LogP contribution < -0.4 is 14.2 Å². The zero-order valence-electron chi connectivity index (χ0n) is 13.1. The van der Waals surface area contributed by atoms with Gasteiger partial charge in [-0.25, -0.2) is 4.79 Å². The second kappa shape index (κ2) is 7.50. The van der Waals surface area contributed by atoms with Crippen molar-refractivity contribution in [2.75, 3.05) is 13.7 Å². The first-order valence-electron chi connectivity index (χ1n) is 7.29. The van der Waals surface area contributed by atoms with E-state index in [9.17, 15) is 4.79 Å². The van der Waals surface area contributed by atoms with E-state index in [0.717, 1.165) is 12.0 Å². The molecule has 2 aromatic rings. The molecule has 0 unspecified atom stereocenters. The molecular formula is C18H20O4. The van der Waals surface area contributed by atoms with Crippen molar-refractivity contribution < 1.29 is 19.0 Å². The van der Waals surface area contributed by atoms with E-state index in [0.29, 0.717) is 29.4 Å². The molecule has 4 nitrogen and oxygen atoms in total. The van der Waals surface area contributed by atoms with Crippen LogP contribution >= 0.6 is 0 Å². The zero-order valence-corrected chi connectivity index (χ0v) is 13.1. The summed E-state index contributed by atoms with van der Waals surface area (Å²) >= 11 is 0. The average Bonchev–Trinajstić information content (AvgIpc) is 2.56. The van der Waals surface area contributed by atoms with Crippen LogP contribution in [-0.2, 0) is 6.42 Å². The highest BCUT2D eigenvalue weighted by atomic mass is 16.6. The molecule has 0 fully saturated rings. The highest BCUT2D eigenvalue weighted by molar-refractivity contribution is 5.91. The van der Waals surface area contributed by atoms with Gasteiger partial charge in [0.2, 0.25) is 0 Å². The number of rotatable bonds is 6. The monoisotopic (exact) mass is 300 g/mol. The highest BCUT2D eigenvalue weighted by Gasteiger charge is 2.13. The Kier molecular flexibility index (Phi) is 5.42. The van der Waals surface area contributed by atoms with Gasteiger partial charge in [-0.15, -0.1) is 0 Å². The number of aryl methyl sites for hydroxylation is 1. The maximum absolute atomic E-state index is 12.2. The summed E-state index contributed by atoms with van der Waals surface area (Å²) in [5.41, 5.74) is 1.59. The molecule has 4 heteroatoms. The van der Waals surface area contributed by atoms with Crippen molar-refractivity contribution in [3.63, 3.8) is 0 Å². The van der Waals surface area contributed by atoms with E-state index in [2.05, 4.69) is 6.92 Å². The third kappa shape index (κ3) is 3.79. The maximum atomic E-state index is 12.2. The quantitative estimate of drug-likeness (QED) is 0.600. The Labute approximate surface area is 130 Å². The summed E-state index contributed by atoms with van der Waals surface area (Å²) in [5.74, 6) is 1.29. The second-order valence-corrected chi connectivity index (χ2v) is 4.69. The Balaban J connectivity index is 2.19. The van der Waals surface area contributed by atoms with Crippen LogP contribution in [0.15, 0.2) is 42.5 Å². The lowest BCUT2D eigenvalue weighted by Crippen LogP contribution is -2.09. The van der Waals surface area contributed by atoms with Crippen LogP contribution in [-0.4, -0.2) is 19.7 Å². The molecule has 0 amide bonds. The fourth-order valence-corrected chi connectivity index (χ4v) is 2.01. The molecular weight excluding hydrogens is 280 g/mol. The topological polar surface area (TPSA) is 44.8 Å². The minimum Gasteiger partial charge on any atom is -0.497 e. The summed E-state index contributed by atoms with van der Waals surface area (Å²) < 4.78 is 16.1. The Morgan fingerprint density at radius 1 is 1.00 bits per heavy atom. The van der Waals surface area contributed by atoms with Crippen molar-refractivity contribution in [2.24, 2.45) is 0 Å². The molecule has 0 saturated heterocycles. The maximum Gasteiger partial charge on any atom is 0.343 e. The molecule has 0 aliphatic rings. The first-order valence-corrected chi connectivity index (χ1v) is 7.29. The number of carbonyl (C=O) groups excluding carboxylic acids is 1. The molecule has 2 rings (SSSR count). The van der Waals surface area contributed by atoms with Gasteiger partial charge in [-0.2, -0.15) is 0 Å². The van der Waals surface area contributed by atoms with Gasteiger partial charge in [-0.3, -0.25) is 0 Å². The molecule has 0 bridgehead atoms. The molecule has 0 aromatic heterocycles. The highest BCUT2D eigenvalue weighted by Crippen LogP contribution is 2.29. The molecule has 0 saturated carbocycles. The molecule has 0 radical (unpaired) electrons. The lowest BCUT2D eigenvalue weighted by molar-refractivity contribution is 0.0728. The first kappa shape index (κ1) is 15.9. The summed E-state index contributed by atoms with van der Waals surface area (Å²) in [6, 6.07) is 12.4. The number of hydrogen-bond donors (Lipinski definition) is 0. The molecule has 116 valence electrons. The van der Waals surface area contributed by atoms with Crippen LogP contribution in [0.25, 0.3) is 0 Å². The van der Waals surface area contributed by atoms with Crippen molar-refractivity contribution >= 4 is 5.97 Å². The Bertz CT molecular complexity index is 632. The van der Waals surface area contributed by atoms with E-state index in [-0.39, 0.29) is 0 Å². The lowest BCUT2D eigenvalue weighted by atomic mass is 10.1. The Morgan fingerprint density at radius 3 is 2.32 bits per heavy atom. The van der Waals surface area contributed by atoms with Gasteiger partial charge in [0.15, 0.2) is 11.5 Å². The van der Waals surface area contributed by atoms with E-state index in [1.54, 1.807) is 37.4 Å². The summed E-state index contributed by atoms with van der Waals surface area (Å²) in [6.07, 6.45) is 0.896. The van der Waals surface area contributed by atoms with Crippen molar-refractivity contribution in [1.29, 1.82) is 0 Å². The fraction of sp³-hybridized carbons (Fsp3) is 0.278. The number of ether oxygens (including phenoxy) is 3. The SMILES string of the molecule is CCOc1cc(CC)ccc1OC(=O)c1ccc(OC)cc1. The van der Waals surface area contributed by atoms with E-state index >= 15 is 0 Å². The number of benzene rings is 2. The van der Waals surface area contributed by atoms with Gasteiger partial charge in [0.25, 0.3) is 0 Å². The van der Waals surface area contributed by atoms with E-state index in [1.165, 1.54) is 0 Å². The van der Waals surface area contributed by atoms with Gasteiger partial charge in [-0.1, -0.05) is 13.0 Å². The second-order valence-electron chi connectivity index (χ2n) is 4.69. The molecule has 0 spiro atoms. The molecule has 0 N–H and O–H groups in total. The van der Waals surface area contributed by atoms with Crippen molar-refractivity contribution in [1.82, 2.24) is 0 Å². The number of esters is 1. The van der Waals surface area contributed by atoms with E-state index in [4.69, 9.17) is 14.2 Å². The Hall–Kier alpha value is -2.49. The van der Waals surface area contributed by atoms with Crippen LogP contribution in [0.3, 0.4) is 0 Å². The van der Waals surface area contributed by atoms with Gasteiger partial charge in [0, 0.05) is 0 Å². The first-order chi connectivity index (χ1) is 10.7. The van der Waals surface area contributed by atoms with Gasteiger partial charge < -0.3 is 14.2 Å². The molecule has 0 atom stereocenters. The summed E-state index contributed by atoms with van der Waals surface area (Å²) in [5, 5.41) is 0. The van der Waals surface area contributed by atoms with E-state index < -0.39 is 5.97 Å². The summed E-state index contributed by atoms with van der Waals surface area (Å²) in [4.78, 5) is 12.2. The van der Waals surface area contributed by atoms with Crippen LogP contribution in [0, 0.1) is 0 Å². The minimum absolute atomic E-state index is 0.423. The van der Waals surface area contributed by atoms with Crippen LogP contribution in [0.5, 0.6) is 17.2 Å². The fourth-order valence-electron chi connectivity index (χ4n) is 2.01. The van der Waals surface area contributed by atoms with Gasteiger partial charge in [0.05, 0.1) is 19.3 Å². The number of hydrogen-bond acceptors (Lipinski definition) is 4. The van der Waals surface area contributed by atoms with Crippen molar-refractivity contribution in [3.8, 4) is 17.2 Å². The lowest BCUT2D eigenvalue weighted by Gasteiger charge is -2.12. The molecule has 0 aliphatic carbocycles. The third-order valence-electron chi connectivity index (χ3n) is 3.24. The average molecular weight is 300 g/mol. The normalized spacial score (nSPS) is 10.1. The Morgan fingerprint density at radius 2 is 1.73 bits per heavy atom. The molecule has 0 heterocycles. The predicted molar refractivity (Wildman–Crippen MR) is 84.9 cm³/mol. The van der Waals surface area contributed by atoms with Crippen LogP contribution in [0.1, 0.15) is 29.8 Å².